The van der Waals surface area contributed by atoms with Crippen LogP contribution < -0.4 is 10.6 Å². The van der Waals surface area contributed by atoms with E-state index < -0.39 is 0 Å². The molecule has 2 aromatic rings. The molecule has 1 aromatic carbocycles. The highest BCUT2D eigenvalue weighted by Gasteiger charge is 2.23. The molecule has 3 heteroatoms. The van der Waals surface area contributed by atoms with Gasteiger partial charge >= 0.3 is 0 Å². The molecule has 2 N–H and O–H groups in total. The topological polar surface area (TPSA) is 42.4 Å². The number of hydrogen-bond acceptors (Lipinski definition) is 3. The maximum Gasteiger partial charge on any atom is 0.123 e. The van der Waals surface area contributed by atoms with Crippen LogP contribution in [-0.2, 0) is 19.5 Å². The molecule has 3 rings (SSSR count). The van der Waals surface area contributed by atoms with Crippen molar-refractivity contribution >= 4 is 5.69 Å². The second kappa shape index (κ2) is 5.33. The Morgan fingerprint density at radius 2 is 2.15 bits per heavy atom. The van der Waals surface area contributed by atoms with Gasteiger partial charge in [-0.15, -0.1) is 0 Å². The fraction of sp³-hybridized carbons (Fsp3) is 0.412. The lowest BCUT2D eigenvalue weighted by atomic mass is 9.96. The highest BCUT2D eigenvalue weighted by Crippen LogP contribution is 2.32. The zero-order valence-corrected chi connectivity index (χ0v) is 12.2. The van der Waals surface area contributed by atoms with Gasteiger partial charge in [-0.25, -0.2) is 0 Å². The van der Waals surface area contributed by atoms with E-state index >= 15 is 0 Å². The fourth-order valence-electron chi connectivity index (χ4n) is 3.04. The molecule has 0 fully saturated rings. The largest absolute Gasteiger partial charge is 0.463 e. The van der Waals surface area contributed by atoms with Crippen LogP contribution in [0.5, 0.6) is 0 Å². The first-order valence-corrected chi connectivity index (χ1v) is 7.32. The second-order valence-electron chi connectivity index (χ2n) is 5.67. The number of fused-ring (bicyclic) bond motifs is 1. The van der Waals surface area contributed by atoms with Crippen molar-refractivity contribution in [1.29, 1.82) is 0 Å². The molecule has 1 aromatic heterocycles. The molecule has 106 valence electrons. The molecule has 2 heterocycles. The van der Waals surface area contributed by atoms with E-state index in [1.165, 1.54) is 24.1 Å². The minimum atomic E-state index is 0.470. The highest BCUT2D eigenvalue weighted by molar-refractivity contribution is 5.56. The summed E-state index contributed by atoms with van der Waals surface area (Å²) in [6, 6.07) is 11.3. The van der Waals surface area contributed by atoms with Gasteiger partial charge in [0.15, 0.2) is 0 Å². The van der Waals surface area contributed by atoms with Crippen molar-refractivity contribution in [2.75, 3.05) is 4.90 Å². The zero-order valence-electron chi connectivity index (χ0n) is 12.2. The molecule has 1 aliphatic rings. The standard InChI is InChI=1S/C17H22N2O/c1-12-9-15(20-17(12)10-18)11-19-13(2)7-8-14-5-3-4-6-16(14)19/h3-6,9,13H,7-8,10-11,18H2,1-2H3. The number of benzene rings is 1. The van der Waals surface area contributed by atoms with Gasteiger partial charge in [0.05, 0.1) is 13.1 Å². The van der Waals surface area contributed by atoms with Crippen molar-refractivity contribution in [2.45, 2.75) is 45.8 Å². The number of anilines is 1. The van der Waals surface area contributed by atoms with Gasteiger partial charge in [-0.05, 0) is 49.9 Å². The molecule has 0 spiro atoms. The van der Waals surface area contributed by atoms with Crippen molar-refractivity contribution in [3.8, 4) is 0 Å². The van der Waals surface area contributed by atoms with Gasteiger partial charge in [0, 0.05) is 11.7 Å². The zero-order chi connectivity index (χ0) is 14.1. The number of para-hydroxylation sites is 1. The number of nitrogens with two attached hydrogens (primary N) is 1. The molecular weight excluding hydrogens is 248 g/mol. The molecule has 0 aliphatic carbocycles. The third-order valence-corrected chi connectivity index (χ3v) is 4.25. The van der Waals surface area contributed by atoms with E-state index in [1.807, 2.05) is 0 Å². The summed E-state index contributed by atoms with van der Waals surface area (Å²) in [7, 11) is 0. The summed E-state index contributed by atoms with van der Waals surface area (Å²) in [5.74, 6) is 1.91. The Balaban J connectivity index is 1.89. The van der Waals surface area contributed by atoms with Crippen molar-refractivity contribution in [3.63, 3.8) is 0 Å². The predicted molar refractivity (Wildman–Crippen MR) is 81.7 cm³/mol. The number of rotatable bonds is 3. The lowest BCUT2D eigenvalue weighted by Crippen LogP contribution is -2.36. The molecule has 0 saturated carbocycles. The number of hydrogen-bond donors (Lipinski definition) is 1. The summed E-state index contributed by atoms with van der Waals surface area (Å²) in [5.41, 5.74) is 9.63. The Morgan fingerprint density at radius 3 is 2.90 bits per heavy atom. The fourth-order valence-corrected chi connectivity index (χ4v) is 3.04. The van der Waals surface area contributed by atoms with Crippen LogP contribution in [-0.4, -0.2) is 6.04 Å². The summed E-state index contributed by atoms with van der Waals surface area (Å²) < 4.78 is 5.86. The van der Waals surface area contributed by atoms with Crippen LogP contribution in [0.2, 0.25) is 0 Å². The van der Waals surface area contributed by atoms with Crippen LogP contribution in [0.1, 0.15) is 36.0 Å². The van der Waals surface area contributed by atoms with Crippen LogP contribution in [0, 0.1) is 6.92 Å². The quantitative estimate of drug-likeness (QED) is 0.929. The summed E-state index contributed by atoms with van der Waals surface area (Å²) in [6.07, 6.45) is 2.36. The number of aryl methyl sites for hydroxylation is 2. The van der Waals surface area contributed by atoms with Crippen LogP contribution in [0.25, 0.3) is 0 Å². The molecule has 1 unspecified atom stereocenters. The Hall–Kier alpha value is -1.74. The summed E-state index contributed by atoms with van der Waals surface area (Å²) in [6.45, 7) is 5.63. The predicted octanol–water partition coefficient (Wildman–Crippen LogP) is 3.39. The van der Waals surface area contributed by atoms with Crippen LogP contribution in [0.4, 0.5) is 5.69 Å². The maximum absolute atomic E-state index is 5.86. The Morgan fingerprint density at radius 1 is 1.35 bits per heavy atom. The second-order valence-corrected chi connectivity index (χ2v) is 5.67. The monoisotopic (exact) mass is 270 g/mol. The van der Waals surface area contributed by atoms with Gasteiger partial charge in [0.25, 0.3) is 0 Å². The average Bonchev–Trinajstić information content (AvgIpc) is 2.82. The third-order valence-electron chi connectivity index (χ3n) is 4.25. The van der Waals surface area contributed by atoms with E-state index in [9.17, 15) is 0 Å². The summed E-state index contributed by atoms with van der Waals surface area (Å²) in [5, 5.41) is 0. The highest BCUT2D eigenvalue weighted by atomic mass is 16.3. The summed E-state index contributed by atoms with van der Waals surface area (Å²) in [4.78, 5) is 2.44. The average molecular weight is 270 g/mol. The maximum atomic E-state index is 5.86. The van der Waals surface area contributed by atoms with Gasteiger partial charge in [0.1, 0.15) is 11.5 Å². The van der Waals surface area contributed by atoms with E-state index in [4.69, 9.17) is 10.2 Å². The normalized spacial score (nSPS) is 18.1. The molecule has 0 saturated heterocycles. The Labute approximate surface area is 120 Å². The molecular formula is C17H22N2O. The van der Waals surface area contributed by atoms with Crippen LogP contribution >= 0.6 is 0 Å². The molecule has 0 radical (unpaired) electrons. The first kappa shape index (κ1) is 13.3. The van der Waals surface area contributed by atoms with E-state index in [-0.39, 0.29) is 0 Å². The van der Waals surface area contributed by atoms with Crippen LogP contribution in [0.3, 0.4) is 0 Å². The van der Waals surface area contributed by atoms with Crippen molar-refractivity contribution in [1.82, 2.24) is 0 Å². The minimum absolute atomic E-state index is 0.470. The van der Waals surface area contributed by atoms with Crippen molar-refractivity contribution < 1.29 is 4.42 Å². The molecule has 20 heavy (non-hydrogen) atoms. The number of nitrogens with zero attached hydrogens (tertiary/aromatic N) is 1. The van der Waals surface area contributed by atoms with Crippen molar-refractivity contribution in [3.05, 3.63) is 53.0 Å². The van der Waals surface area contributed by atoms with Gasteiger partial charge in [0.2, 0.25) is 0 Å². The van der Waals surface area contributed by atoms with Gasteiger partial charge in [-0.2, -0.15) is 0 Å². The first-order valence-electron chi connectivity index (χ1n) is 7.32. The van der Waals surface area contributed by atoms with Crippen molar-refractivity contribution in [2.24, 2.45) is 5.73 Å². The lowest BCUT2D eigenvalue weighted by Gasteiger charge is -2.36. The molecule has 1 atom stereocenters. The SMILES string of the molecule is Cc1cc(CN2c3ccccc3CCC2C)oc1CN. The van der Waals surface area contributed by atoms with Gasteiger partial charge < -0.3 is 15.1 Å². The van der Waals surface area contributed by atoms with Crippen LogP contribution in [0.15, 0.2) is 34.7 Å². The Kier molecular flexibility index (Phi) is 3.53. The summed E-state index contributed by atoms with van der Waals surface area (Å²) >= 11 is 0. The minimum Gasteiger partial charge on any atom is -0.463 e. The lowest BCUT2D eigenvalue weighted by molar-refractivity contribution is 0.444. The van der Waals surface area contributed by atoms with E-state index in [0.717, 1.165) is 23.6 Å². The smallest absolute Gasteiger partial charge is 0.123 e. The van der Waals surface area contributed by atoms with Gasteiger partial charge in [-0.1, -0.05) is 18.2 Å². The molecule has 0 bridgehead atoms. The van der Waals surface area contributed by atoms with Gasteiger partial charge in [-0.3, -0.25) is 0 Å². The molecule has 3 nitrogen and oxygen atoms in total. The Bertz CT molecular complexity index is 603. The molecule has 0 amide bonds. The molecule has 1 aliphatic heterocycles. The first-order chi connectivity index (χ1) is 9.69. The van der Waals surface area contributed by atoms with E-state index in [2.05, 4.69) is 49.1 Å². The third kappa shape index (κ3) is 2.34. The number of furan rings is 1. The van der Waals surface area contributed by atoms with E-state index in [0.29, 0.717) is 12.6 Å². The van der Waals surface area contributed by atoms with E-state index in [1.54, 1.807) is 0 Å².